The summed E-state index contributed by atoms with van der Waals surface area (Å²) in [4.78, 5) is 14.2. The molecule has 3 nitrogen and oxygen atoms in total. The molecule has 0 saturated heterocycles. The maximum absolute atomic E-state index is 11.7. The number of aryl methyl sites for hydroxylation is 1. The lowest BCUT2D eigenvalue weighted by Gasteiger charge is -2.31. The third-order valence-corrected chi connectivity index (χ3v) is 5.90. The van der Waals surface area contributed by atoms with E-state index in [0.717, 1.165) is 36.1 Å². The molecule has 0 unspecified atom stereocenters. The highest BCUT2D eigenvalue weighted by Crippen LogP contribution is 2.25. The number of carbonyl (C=O) groups excluding carboxylic acids is 1. The van der Waals surface area contributed by atoms with Gasteiger partial charge in [0.25, 0.3) is 0 Å². The fraction of sp³-hybridized carbons (Fsp3) is 0.458. The molecule has 1 aliphatic rings. The molecule has 1 fully saturated rings. The Morgan fingerprint density at radius 2 is 1.78 bits per heavy atom. The molecule has 2 aromatic carbocycles. The number of ether oxygens (including phenoxy) is 1. The van der Waals surface area contributed by atoms with Crippen molar-refractivity contribution in [1.82, 2.24) is 4.90 Å². The summed E-state index contributed by atoms with van der Waals surface area (Å²) in [5.41, 5.74) is 5.67. The van der Waals surface area contributed by atoms with E-state index in [-0.39, 0.29) is 0 Å². The van der Waals surface area contributed by atoms with Gasteiger partial charge in [0.2, 0.25) is 0 Å². The molecule has 0 heterocycles. The van der Waals surface area contributed by atoms with Gasteiger partial charge in [0.15, 0.2) is 0 Å². The summed E-state index contributed by atoms with van der Waals surface area (Å²) >= 11 is 0. The normalized spacial score (nSPS) is 15.1. The zero-order chi connectivity index (χ0) is 19.2. The molecule has 2 aromatic rings. The van der Waals surface area contributed by atoms with Crippen molar-refractivity contribution in [3.05, 3.63) is 64.2 Å². The van der Waals surface area contributed by atoms with Gasteiger partial charge in [0, 0.05) is 18.2 Å². The summed E-state index contributed by atoms with van der Waals surface area (Å²) in [5, 5.41) is 0. The fourth-order valence-electron chi connectivity index (χ4n) is 4.15. The third-order valence-electron chi connectivity index (χ3n) is 5.90. The summed E-state index contributed by atoms with van der Waals surface area (Å²) in [7, 11) is 3.88. The summed E-state index contributed by atoms with van der Waals surface area (Å²) in [6.07, 6.45) is 8.42. The quantitative estimate of drug-likeness (QED) is 0.634. The van der Waals surface area contributed by atoms with Gasteiger partial charge in [-0.1, -0.05) is 37.5 Å². The van der Waals surface area contributed by atoms with E-state index in [4.69, 9.17) is 4.74 Å². The minimum absolute atomic E-state index is 0.650. The average molecular weight is 366 g/mol. The number of benzene rings is 2. The van der Waals surface area contributed by atoms with Crippen LogP contribution >= 0.6 is 0 Å². The van der Waals surface area contributed by atoms with Crippen LogP contribution in [0.25, 0.3) is 0 Å². The number of nitrogens with zero attached hydrogens (tertiary/aromatic N) is 1. The van der Waals surface area contributed by atoms with E-state index < -0.39 is 0 Å². The molecule has 0 bridgehead atoms. The molecule has 0 atom stereocenters. The first-order chi connectivity index (χ1) is 13.1. The van der Waals surface area contributed by atoms with E-state index in [1.165, 1.54) is 48.8 Å². The van der Waals surface area contributed by atoms with Crippen molar-refractivity contribution in [3.63, 3.8) is 0 Å². The molecule has 144 valence electrons. The van der Waals surface area contributed by atoms with E-state index in [2.05, 4.69) is 43.1 Å². The largest absolute Gasteiger partial charge is 0.497 e. The van der Waals surface area contributed by atoms with Crippen LogP contribution in [0.3, 0.4) is 0 Å². The monoisotopic (exact) mass is 365 g/mol. The third kappa shape index (κ3) is 4.98. The second kappa shape index (κ2) is 9.18. The van der Waals surface area contributed by atoms with Crippen molar-refractivity contribution in [2.75, 3.05) is 14.2 Å². The number of carbonyl (C=O) groups is 1. The van der Waals surface area contributed by atoms with Crippen LogP contribution in [-0.4, -0.2) is 31.4 Å². The highest BCUT2D eigenvalue weighted by molar-refractivity contribution is 5.78. The minimum Gasteiger partial charge on any atom is -0.497 e. The van der Waals surface area contributed by atoms with Gasteiger partial charge >= 0.3 is 0 Å². The fourth-order valence-corrected chi connectivity index (χ4v) is 4.15. The lowest BCUT2D eigenvalue weighted by Crippen LogP contribution is -2.33. The second-order valence-electron chi connectivity index (χ2n) is 7.83. The van der Waals surface area contributed by atoms with Gasteiger partial charge in [0.1, 0.15) is 12.0 Å². The summed E-state index contributed by atoms with van der Waals surface area (Å²) < 4.78 is 5.23. The zero-order valence-electron chi connectivity index (χ0n) is 16.8. The van der Waals surface area contributed by atoms with Crippen molar-refractivity contribution in [2.24, 2.45) is 0 Å². The van der Waals surface area contributed by atoms with Crippen LogP contribution in [-0.2, 0) is 13.0 Å². The van der Waals surface area contributed by atoms with Crippen molar-refractivity contribution in [1.29, 1.82) is 0 Å². The number of aldehydes is 1. The van der Waals surface area contributed by atoms with Crippen LogP contribution in [0.1, 0.15) is 64.7 Å². The zero-order valence-corrected chi connectivity index (χ0v) is 16.8. The van der Waals surface area contributed by atoms with Gasteiger partial charge in [-0.3, -0.25) is 9.69 Å². The molecular formula is C24H31NO2. The molecule has 3 heteroatoms. The molecule has 0 aromatic heterocycles. The Hall–Kier alpha value is -2.13. The molecule has 1 aliphatic carbocycles. The first-order valence-corrected chi connectivity index (χ1v) is 10.0. The molecule has 3 rings (SSSR count). The number of hydrogen-bond acceptors (Lipinski definition) is 3. The highest BCUT2D eigenvalue weighted by atomic mass is 16.5. The van der Waals surface area contributed by atoms with Gasteiger partial charge < -0.3 is 4.74 Å². The molecule has 0 spiro atoms. The molecule has 0 radical (unpaired) electrons. The van der Waals surface area contributed by atoms with Crippen LogP contribution in [0.5, 0.6) is 5.75 Å². The van der Waals surface area contributed by atoms with Crippen molar-refractivity contribution >= 4 is 6.29 Å². The van der Waals surface area contributed by atoms with Crippen LogP contribution in [0, 0.1) is 6.92 Å². The summed E-state index contributed by atoms with van der Waals surface area (Å²) in [5.74, 6) is 0.866. The highest BCUT2D eigenvalue weighted by Gasteiger charge is 2.19. The van der Waals surface area contributed by atoms with Gasteiger partial charge in [-0.25, -0.2) is 0 Å². The Labute approximate surface area is 163 Å². The predicted octanol–water partition coefficient (Wildman–Crippen LogP) is 5.17. The van der Waals surface area contributed by atoms with Gasteiger partial charge in [-0.05, 0) is 73.7 Å². The maximum Gasteiger partial charge on any atom is 0.150 e. The summed E-state index contributed by atoms with van der Waals surface area (Å²) in [6.45, 7) is 3.00. The topological polar surface area (TPSA) is 29.5 Å². The maximum atomic E-state index is 11.7. The van der Waals surface area contributed by atoms with Crippen molar-refractivity contribution < 1.29 is 9.53 Å². The van der Waals surface area contributed by atoms with Gasteiger partial charge in [0.05, 0.1) is 7.11 Å². The lowest BCUT2D eigenvalue weighted by molar-refractivity contribution is 0.112. The molecule has 0 aliphatic heterocycles. The van der Waals surface area contributed by atoms with Gasteiger partial charge in [-0.2, -0.15) is 0 Å². The number of methoxy groups -OCH3 is 1. The van der Waals surface area contributed by atoms with E-state index in [1.54, 1.807) is 7.11 Å². The molecule has 0 N–H and O–H groups in total. The number of hydrogen-bond donors (Lipinski definition) is 0. The van der Waals surface area contributed by atoms with Gasteiger partial charge in [-0.15, -0.1) is 0 Å². The first-order valence-electron chi connectivity index (χ1n) is 10.0. The Bertz CT molecular complexity index is 761. The van der Waals surface area contributed by atoms with E-state index >= 15 is 0 Å². The molecule has 27 heavy (non-hydrogen) atoms. The Morgan fingerprint density at radius 3 is 2.41 bits per heavy atom. The number of rotatable bonds is 7. The van der Waals surface area contributed by atoms with Crippen LogP contribution in [0.2, 0.25) is 0 Å². The second-order valence-corrected chi connectivity index (χ2v) is 7.83. The molecular weight excluding hydrogens is 334 g/mol. The smallest absolute Gasteiger partial charge is 0.150 e. The Kier molecular flexibility index (Phi) is 6.68. The standard InChI is InChI=1S/C24H31NO2/c1-18-13-21(16-25(2)23-7-5-4-6-8-23)22(17-26)15-20(18)14-19-9-11-24(27-3)12-10-19/h9-13,15,17,23H,4-8,14,16H2,1-3H3. The predicted molar refractivity (Wildman–Crippen MR) is 111 cm³/mol. The summed E-state index contributed by atoms with van der Waals surface area (Å²) in [6, 6.07) is 13.1. The van der Waals surface area contributed by atoms with E-state index in [1.807, 2.05) is 12.1 Å². The minimum atomic E-state index is 0.650. The van der Waals surface area contributed by atoms with E-state index in [9.17, 15) is 4.79 Å². The Morgan fingerprint density at radius 1 is 1.07 bits per heavy atom. The SMILES string of the molecule is COc1ccc(Cc2cc(C=O)c(CN(C)C3CCCCC3)cc2C)cc1. The average Bonchev–Trinajstić information content (AvgIpc) is 2.71. The van der Waals surface area contributed by atoms with Crippen LogP contribution in [0.4, 0.5) is 0 Å². The van der Waals surface area contributed by atoms with Crippen molar-refractivity contribution in [2.45, 2.75) is 58.0 Å². The van der Waals surface area contributed by atoms with E-state index in [0.29, 0.717) is 6.04 Å². The Balaban J connectivity index is 1.76. The first kappa shape index (κ1) is 19.6. The van der Waals surface area contributed by atoms with Crippen LogP contribution < -0.4 is 4.74 Å². The lowest BCUT2D eigenvalue weighted by atomic mass is 9.92. The van der Waals surface area contributed by atoms with Crippen LogP contribution in [0.15, 0.2) is 36.4 Å². The van der Waals surface area contributed by atoms with Crippen molar-refractivity contribution in [3.8, 4) is 5.75 Å². The molecule has 1 saturated carbocycles. The molecule has 0 amide bonds.